The van der Waals surface area contributed by atoms with E-state index in [0.717, 1.165) is 45.4 Å². The first kappa shape index (κ1) is 11.0. The van der Waals surface area contributed by atoms with Gasteiger partial charge in [-0.2, -0.15) is 5.10 Å². The van der Waals surface area contributed by atoms with Gasteiger partial charge in [-0.25, -0.2) is 4.79 Å². The Hall–Kier alpha value is -1.52. The van der Waals surface area contributed by atoms with Crippen LogP contribution in [0.1, 0.15) is 19.3 Å². The average Bonchev–Trinajstić information content (AvgIpc) is 2.96. The summed E-state index contributed by atoms with van der Waals surface area (Å²) in [5.41, 5.74) is 0. The van der Waals surface area contributed by atoms with E-state index in [0.29, 0.717) is 0 Å². The smallest absolute Gasteiger partial charge is 0.317 e. The van der Waals surface area contributed by atoms with Crippen molar-refractivity contribution in [2.45, 2.75) is 25.8 Å². The number of rotatable bonds is 4. The Bertz CT molecular complexity index is 317. The highest BCUT2D eigenvalue weighted by molar-refractivity contribution is 5.74. The molecule has 2 rings (SSSR count). The molecule has 0 aliphatic carbocycles. The first-order chi connectivity index (χ1) is 7.86. The van der Waals surface area contributed by atoms with E-state index in [-0.39, 0.29) is 6.03 Å². The summed E-state index contributed by atoms with van der Waals surface area (Å²) in [6, 6.07) is 1.99. The number of carbonyl (C=O) groups excluding carboxylic acids is 1. The van der Waals surface area contributed by atoms with E-state index >= 15 is 0 Å². The second-order valence-electron chi connectivity index (χ2n) is 4.05. The molecule has 0 radical (unpaired) electrons. The Morgan fingerprint density at radius 3 is 2.88 bits per heavy atom. The molecule has 88 valence electrons. The van der Waals surface area contributed by atoms with Gasteiger partial charge in [-0.05, 0) is 25.3 Å². The fourth-order valence-electron chi connectivity index (χ4n) is 1.90. The molecule has 1 aliphatic heterocycles. The van der Waals surface area contributed by atoms with Crippen LogP contribution in [0.3, 0.4) is 0 Å². The maximum Gasteiger partial charge on any atom is 0.317 e. The molecule has 1 fully saturated rings. The number of aromatic nitrogens is 2. The summed E-state index contributed by atoms with van der Waals surface area (Å²) >= 11 is 0. The quantitative estimate of drug-likeness (QED) is 0.775. The van der Waals surface area contributed by atoms with Crippen LogP contribution >= 0.6 is 0 Å². The van der Waals surface area contributed by atoms with Crippen LogP contribution in [0.5, 0.6) is 0 Å². The van der Waals surface area contributed by atoms with Crippen LogP contribution in [0.2, 0.25) is 0 Å². The van der Waals surface area contributed by atoms with Gasteiger partial charge < -0.3 is 10.2 Å². The number of hydrogen-bond acceptors (Lipinski definition) is 2. The molecule has 1 aliphatic rings. The molecule has 5 heteroatoms. The molecule has 5 nitrogen and oxygen atoms in total. The summed E-state index contributed by atoms with van der Waals surface area (Å²) in [7, 11) is 0. The molecule has 1 saturated heterocycles. The molecule has 0 saturated carbocycles. The molecule has 1 aromatic heterocycles. The Morgan fingerprint density at radius 2 is 2.19 bits per heavy atom. The lowest BCUT2D eigenvalue weighted by atomic mass is 10.4. The third kappa shape index (κ3) is 2.98. The summed E-state index contributed by atoms with van der Waals surface area (Å²) in [5, 5.41) is 7.04. The lowest BCUT2D eigenvalue weighted by Gasteiger charge is -2.15. The Kier molecular flexibility index (Phi) is 3.80. The minimum Gasteiger partial charge on any atom is -0.338 e. The minimum absolute atomic E-state index is 0.0814. The van der Waals surface area contributed by atoms with Crippen LogP contribution in [0, 0.1) is 0 Å². The van der Waals surface area contributed by atoms with Gasteiger partial charge in [0.25, 0.3) is 0 Å². The Morgan fingerprint density at radius 1 is 1.38 bits per heavy atom. The highest BCUT2D eigenvalue weighted by Crippen LogP contribution is 2.06. The van der Waals surface area contributed by atoms with Crippen molar-refractivity contribution in [1.82, 2.24) is 20.0 Å². The molecule has 1 aromatic rings. The first-order valence-electron chi connectivity index (χ1n) is 5.86. The molecule has 0 atom stereocenters. The fourth-order valence-corrected chi connectivity index (χ4v) is 1.90. The van der Waals surface area contributed by atoms with Crippen LogP contribution in [0.25, 0.3) is 0 Å². The first-order valence-corrected chi connectivity index (χ1v) is 5.86. The molecule has 16 heavy (non-hydrogen) atoms. The summed E-state index contributed by atoms with van der Waals surface area (Å²) in [6.07, 6.45) is 6.90. The van der Waals surface area contributed by atoms with Crippen molar-refractivity contribution in [3.8, 4) is 0 Å². The molecule has 1 N–H and O–H groups in total. The molecule has 0 bridgehead atoms. The van der Waals surface area contributed by atoms with Gasteiger partial charge in [-0.15, -0.1) is 0 Å². The van der Waals surface area contributed by atoms with Crippen molar-refractivity contribution >= 4 is 6.03 Å². The van der Waals surface area contributed by atoms with Crippen LogP contribution in [0.15, 0.2) is 18.5 Å². The minimum atomic E-state index is 0.0814. The second-order valence-corrected chi connectivity index (χ2v) is 4.05. The van der Waals surface area contributed by atoms with Crippen LogP contribution < -0.4 is 5.32 Å². The van der Waals surface area contributed by atoms with Crippen LogP contribution in [-0.4, -0.2) is 40.3 Å². The molecule has 2 amide bonds. The molecular formula is C11H18N4O. The number of nitrogens with one attached hydrogen (secondary N) is 1. The predicted molar refractivity (Wildman–Crippen MR) is 61.0 cm³/mol. The number of urea groups is 1. The summed E-state index contributed by atoms with van der Waals surface area (Å²) < 4.78 is 1.88. The molecule has 0 spiro atoms. The van der Waals surface area contributed by atoms with Gasteiger partial charge in [0.05, 0.1) is 0 Å². The van der Waals surface area contributed by atoms with Crippen LogP contribution in [-0.2, 0) is 6.54 Å². The van der Waals surface area contributed by atoms with Gasteiger partial charge in [-0.1, -0.05) is 0 Å². The van der Waals surface area contributed by atoms with Gasteiger partial charge >= 0.3 is 6.03 Å². The van der Waals surface area contributed by atoms with Gasteiger partial charge in [0.2, 0.25) is 0 Å². The zero-order valence-corrected chi connectivity index (χ0v) is 9.43. The summed E-state index contributed by atoms with van der Waals surface area (Å²) in [5.74, 6) is 0. The van der Waals surface area contributed by atoms with Crippen LogP contribution in [0.4, 0.5) is 4.79 Å². The van der Waals surface area contributed by atoms with Crippen molar-refractivity contribution in [3.63, 3.8) is 0 Å². The number of amides is 2. The molecule has 2 heterocycles. The molecular weight excluding hydrogens is 204 g/mol. The van der Waals surface area contributed by atoms with E-state index in [1.54, 1.807) is 6.20 Å². The van der Waals surface area contributed by atoms with Crippen molar-refractivity contribution in [3.05, 3.63) is 18.5 Å². The van der Waals surface area contributed by atoms with Crippen molar-refractivity contribution in [2.24, 2.45) is 0 Å². The third-order valence-corrected chi connectivity index (χ3v) is 2.79. The zero-order valence-electron chi connectivity index (χ0n) is 9.43. The highest BCUT2D eigenvalue weighted by atomic mass is 16.2. The lowest BCUT2D eigenvalue weighted by Crippen LogP contribution is -2.38. The fraction of sp³-hybridized carbons (Fsp3) is 0.636. The van der Waals surface area contributed by atoms with E-state index in [1.807, 2.05) is 21.8 Å². The third-order valence-electron chi connectivity index (χ3n) is 2.79. The summed E-state index contributed by atoms with van der Waals surface area (Å²) in [6.45, 7) is 3.39. The zero-order chi connectivity index (χ0) is 11.2. The Labute approximate surface area is 95.4 Å². The monoisotopic (exact) mass is 222 g/mol. The standard InChI is InChI=1S/C11H18N4O/c16-11(14-7-1-2-8-14)12-5-3-9-15-10-4-6-13-15/h4,6,10H,1-3,5,7-9H2,(H,12,16). The Balaban J connectivity index is 1.59. The van der Waals surface area contributed by atoms with E-state index in [2.05, 4.69) is 10.4 Å². The van der Waals surface area contributed by atoms with Crippen molar-refractivity contribution in [2.75, 3.05) is 19.6 Å². The maximum absolute atomic E-state index is 11.6. The van der Waals surface area contributed by atoms with Gasteiger partial charge in [0, 0.05) is 38.6 Å². The van der Waals surface area contributed by atoms with E-state index in [4.69, 9.17) is 0 Å². The van der Waals surface area contributed by atoms with Gasteiger partial charge in [-0.3, -0.25) is 4.68 Å². The predicted octanol–water partition coefficient (Wildman–Crippen LogP) is 1.08. The number of likely N-dealkylation sites (tertiary alicyclic amines) is 1. The largest absolute Gasteiger partial charge is 0.338 e. The van der Waals surface area contributed by atoms with E-state index < -0.39 is 0 Å². The maximum atomic E-state index is 11.6. The SMILES string of the molecule is O=C(NCCCn1cccn1)N1CCCC1. The normalized spacial score (nSPS) is 15.4. The topological polar surface area (TPSA) is 50.2 Å². The molecule has 0 aromatic carbocycles. The van der Waals surface area contributed by atoms with E-state index in [1.165, 1.54) is 0 Å². The lowest BCUT2D eigenvalue weighted by molar-refractivity contribution is 0.208. The van der Waals surface area contributed by atoms with Gasteiger partial charge in [0.1, 0.15) is 0 Å². The number of nitrogens with zero attached hydrogens (tertiary/aromatic N) is 3. The molecule has 0 unspecified atom stereocenters. The van der Waals surface area contributed by atoms with E-state index in [9.17, 15) is 4.79 Å². The van der Waals surface area contributed by atoms with Gasteiger partial charge in [0.15, 0.2) is 0 Å². The van der Waals surface area contributed by atoms with Crippen molar-refractivity contribution < 1.29 is 4.79 Å². The van der Waals surface area contributed by atoms with Crippen molar-refractivity contribution in [1.29, 1.82) is 0 Å². The average molecular weight is 222 g/mol. The number of aryl methyl sites for hydroxylation is 1. The highest BCUT2D eigenvalue weighted by Gasteiger charge is 2.16. The number of carbonyl (C=O) groups is 1. The number of hydrogen-bond donors (Lipinski definition) is 1. The second kappa shape index (κ2) is 5.53. The summed E-state index contributed by atoms with van der Waals surface area (Å²) in [4.78, 5) is 13.5.